The number of hydrogen-bond acceptors (Lipinski definition) is 2. The highest BCUT2D eigenvalue weighted by Crippen LogP contribution is 2.16. The highest BCUT2D eigenvalue weighted by atomic mass is 32.2. The van der Waals surface area contributed by atoms with E-state index in [1.165, 1.54) is 51.4 Å². The molecule has 1 atom stereocenters. The molecule has 0 bridgehead atoms. The van der Waals surface area contributed by atoms with Gasteiger partial charge >= 0.3 is 0 Å². The van der Waals surface area contributed by atoms with Crippen molar-refractivity contribution in [2.24, 2.45) is 0 Å². The second-order valence-corrected chi connectivity index (χ2v) is 7.17. The van der Waals surface area contributed by atoms with Gasteiger partial charge < -0.3 is 5.11 Å². The van der Waals surface area contributed by atoms with E-state index < -0.39 is 0 Å². The summed E-state index contributed by atoms with van der Waals surface area (Å²) in [5.41, 5.74) is 0. The van der Waals surface area contributed by atoms with Crippen molar-refractivity contribution in [3.8, 4) is 0 Å². The van der Waals surface area contributed by atoms with E-state index in [9.17, 15) is 0 Å². The fraction of sp³-hybridized carbons (Fsp3) is 0.714. The molecule has 0 saturated heterocycles. The molecule has 134 valence electrons. The van der Waals surface area contributed by atoms with Crippen molar-refractivity contribution in [3.63, 3.8) is 0 Å². The number of thioether (sulfide) groups is 1. The maximum atomic E-state index is 9.12. The minimum atomic E-state index is 0.331. The Balaban J connectivity index is 3.26. The van der Waals surface area contributed by atoms with Crippen molar-refractivity contribution in [2.45, 2.75) is 82.8 Å². The van der Waals surface area contributed by atoms with Crippen LogP contribution in [-0.4, -0.2) is 23.2 Å². The van der Waals surface area contributed by atoms with E-state index in [2.05, 4.69) is 49.6 Å². The van der Waals surface area contributed by atoms with Gasteiger partial charge in [-0.2, -0.15) is 11.8 Å². The zero-order chi connectivity index (χ0) is 17.0. The first kappa shape index (κ1) is 22.5. The standard InChI is InChI=1S/C21H38OS/c1-3-4-5-6-7-8-9-10-11-12-13-14-15-16-17-18-19-21(20-22)23-2/h4-5,7-8,10-11,21-22H,3,6,9,12-20H2,1-2H3. The number of hydrogen-bond donors (Lipinski definition) is 1. The van der Waals surface area contributed by atoms with Crippen molar-refractivity contribution in [2.75, 3.05) is 12.9 Å². The number of allylic oxidation sites excluding steroid dienone is 6. The summed E-state index contributed by atoms with van der Waals surface area (Å²) >= 11 is 1.79. The van der Waals surface area contributed by atoms with Crippen LogP contribution in [0.5, 0.6) is 0 Å². The topological polar surface area (TPSA) is 20.2 Å². The molecule has 0 aromatic rings. The summed E-state index contributed by atoms with van der Waals surface area (Å²) in [4.78, 5) is 0. The number of unbranched alkanes of at least 4 members (excludes halogenated alkanes) is 6. The molecule has 0 spiro atoms. The van der Waals surface area contributed by atoms with Gasteiger partial charge in [-0.15, -0.1) is 0 Å². The molecule has 0 aliphatic carbocycles. The van der Waals surface area contributed by atoms with Gasteiger partial charge in [0, 0.05) is 5.25 Å². The molecule has 2 heteroatoms. The predicted molar refractivity (Wildman–Crippen MR) is 108 cm³/mol. The van der Waals surface area contributed by atoms with Crippen LogP contribution >= 0.6 is 11.8 Å². The minimum absolute atomic E-state index is 0.331. The number of aliphatic hydroxyl groups is 1. The third-order valence-corrected chi connectivity index (χ3v) is 5.02. The van der Waals surface area contributed by atoms with Gasteiger partial charge in [0.2, 0.25) is 0 Å². The Morgan fingerprint density at radius 2 is 1.35 bits per heavy atom. The first-order valence-electron chi connectivity index (χ1n) is 9.43. The highest BCUT2D eigenvalue weighted by Gasteiger charge is 2.03. The fourth-order valence-electron chi connectivity index (χ4n) is 2.45. The lowest BCUT2D eigenvalue weighted by Crippen LogP contribution is -2.07. The van der Waals surface area contributed by atoms with Crippen LogP contribution in [0.1, 0.15) is 77.6 Å². The Bertz CT molecular complexity index is 303. The van der Waals surface area contributed by atoms with Gasteiger partial charge in [0.15, 0.2) is 0 Å². The third kappa shape index (κ3) is 17.7. The summed E-state index contributed by atoms with van der Waals surface area (Å²) in [5, 5.41) is 9.57. The average Bonchev–Trinajstić information content (AvgIpc) is 2.58. The Morgan fingerprint density at radius 1 is 0.783 bits per heavy atom. The molecule has 0 aromatic carbocycles. The summed E-state index contributed by atoms with van der Waals surface area (Å²) < 4.78 is 0. The van der Waals surface area contributed by atoms with Crippen molar-refractivity contribution >= 4 is 11.8 Å². The Morgan fingerprint density at radius 3 is 1.96 bits per heavy atom. The first-order chi connectivity index (χ1) is 11.3. The van der Waals surface area contributed by atoms with Crippen LogP contribution in [0.25, 0.3) is 0 Å². The average molecular weight is 339 g/mol. The third-order valence-electron chi connectivity index (χ3n) is 3.96. The van der Waals surface area contributed by atoms with Crippen molar-refractivity contribution in [3.05, 3.63) is 36.5 Å². The largest absolute Gasteiger partial charge is 0.395 e. The Hall–Kier alpha value is -0.470. The second kappa shape index (κ2) is 19.6. The molecule has 0 rings (SSSR count). The maximum Gasteiger partial charge on any atom is 0.0549 e. The van der Waals surface area contributed by atoms with E-state index in [0.717, 1.165) is 19.3 Å². The molecular weight excluding hydrogens is 300 g/mol. The van der Waals surface area contributed by atoms with Gasteiger partial charge in [0.05, 0.1) is 6.61 Å². The summed E-state index contributed by atoms with van der Waals surface area (Å²) in [6, 6.07) is 0. The monoisotopic (exact) mass is 338 g/mol. The van der Waals surface area contributed by atoms with E-state index in [4.69, 9.17) is 5.11 Å². The molecule has 0 radical (unpaired) electrons. The molecule has 23 heavy (non-hydrogen) atoms. The summed E-state index contributed by atoms with van der Waals surface area (Å²) in [7, 11) is 0. The summed E-state index contributed by atoms with van der Waals surface area (Å²) in [5.74, 6) is 0. The lowest BCUT2D eigenvalue weighted by Gasteiger charge is -2.10. The normalized spacial score (nSPS) is 13.7. The van der Waals surface area contributed by atoms with Crippen molar-refractivity contribution in [1.82, 2.24) is 0 Å². The minimum Gasteiger partial charge on any atom is -0.395 e. The van der Waals surface area contributed by atoms with E-state index in [1.54, 1.807) is 11.8 Å². The predicted octanol–water partition coefficient (Wildman–Crippen LogP) is 6.69. The molecule has 0 aromatic heterocycles. The second-order valence-electron chi connectivity index (χ2n) is 6.03. The van der Waals surface area contributed by atoms with Crippen LogP contribution in [0.2, 0.25) is 0 Å². The first-order valence-corrected chi connectivity index (χ1v) is 10.7. The van der Waals surface area contributed by atoms with Crippen LogP contribution < -0.4 is 0 Å². The van der Waals surface area contributed by atoms with Gasteiger partial charge in [-0.05, 0) is 44.8 Å². The van der Waals surface area contributed by atoms with E-state index in [1.807, 2.05) is 0 Å². The highest BCUT2D eigenvalue weighted by molar-refractivity contribution is 7.99. The van der Waals surface area contributed by atoms with Crippen LogP contribution in [0.4, 0.5) is 0 Å². The fourth-order valence-corrected chi connectivity index (χ4v) is 3.00. The number of rotatable bonds is 16. The lowest BCUT2D eigenvalue weighted by molar-refractivity contribution is 0.288. The lowest BCUT2D eigenvalue weighted by atomic mass is 10.1. The van der Waals surface area contributed by atoms with E-state index in [-0.39, 0.29) is 0 Å². The Kier molecular flexibility index (Phi) is 19.2. The Labute approximate surface area is 149 Å². The smallest absolute Gasteiger partial charge is 0.0549 e. The van der Waals surface area contributed by atoms with Gasteiger partial charge in [-0.25, -0.2) is 0 Å². The van der Waals surface area contributed by atoms with E-state index in [0.29, 0.717) is 11.9 Å². The molecule has 1 nitrogen and oxygen atoms in total. The van der Waals surface area contributed by atoms with Crippen LogP contribution in [0.15, 0.2) is 36.5 Å². The zero-order valence-corrected chi connectivity index (χ0v) is 16.2. The maximum absolute atomic E-state index is 9.12. The molecule has 0 fully saturated rings. The van der Waals surface area contributed by atoms with Gasteiger partial charge in [0.1, 0.15) is 0 Å². The molecular formula is C21H38OS. The van der Waals surface area contributed by atoms with Crippen LogP contribution in [0, 0.1) is 0 Å². The van der Waals surface area contributed by atoms with Crippen molar-refractivity contribution < 1.29 is 5.11 Å². The van der Waals surface area contributed by atoms with Crippen LogP contribution in [0.3, 0.4) is 0 Å². The van der Waals surface area contributed by atoms with Gasteiger partial charge in [0.25, 0.3) is 0 Å². The molecule has 0 amide bonds. The van der Waals surface area contributed by atoms with E-state index >= 15 is 0 Å². The van der Waals surface area contributed by atoms with Gasteiger partial charge in [-0.3, -0.25) is 0 Å². The van der Waals surface area contributed by atoms with Crippen molar-refractivity contribution in [1.29, 1.82) is 0 Å². The van der Waals surface area contributed by atoms with Gasteiger partial charge in [-0.1, -0.05) is 75.5 Å². The van der Waals surface area contributed by atoms with Crippen LogP contribution in [-0.2, 0) is 0 Å². The molecule has 0 aliphatic heterocycles. The molecule has 0 heterocycles. The molecule has 1 N–H and O–H groups in total. The quantitative estimate of drug-likeness (QED) is 0.250. The number of aliphatic hydroxyl groups excluding tert-OH is 1. The zero-order valence-electron chi connectivity index (χ0n) is 15.4. The SMILES string of the molecule is CCC=CCC=CCC=CCCCCCCCCC(CO)SC. The molecule has 0 aliphatic rings. The molecule has 1 unspecified atom stereocenters. The summed E-state index contributed by atoms with van der Waals surface area (Å²) in [6.45, 7) is 2.50. The molecule has 0 saturated carbocycles. The summed E-state index contributed by atoms with van der Waals surface area (Å²) in [6.07, 6.45) is 29.3.